The summed E-state index contributed by atoms with van der Waals surface area (Å²) >= 11 is 0. The minimum atomic E-state index is -4.47. The van der Waals surface area contributed by atoms with Crippen LogP contribution in [0, 0.1) is 0 Å². The van der Waals surface area contributed by atoms with E-state index in [0.717, 1.165) is 17.7 Å². The fraction of sp³-hybridized carbons (Fsp3) is 0.345. The number of amides is 1. The maximum absolute atomic E-state index is 13.5. The van der Waals surface area contributed by atoms with Crippen molar-refractivity contribution in [2.45, 2.75) is 37.5 Å². The van der Waals surface area contributed by atoms with Crippen LogP contribution >= 0.6 is 0 Å². The molecule has 196 valence electrons. The largest absolute Gasteiger partial charge is 0.493 e. The van der Waals surface area contributed by atoms with Gasteiger partial charge in [0.05, 0.1) is 21.2 Å². The van der Waals surface area contributed by atoms with Crippen molar-refractivity contribution in [2.24, 2.45) is 0 Å². The van der Waals surface area contributed by atoms with E-state index in [1.54, 1.807) is 47.4 Å². The lowest BCUT2D eigenvalue weighted by Crippen LogP contribution is -2.44. The Labute approximate surface area is 220 Å². The van der Waals surface area contributed by atoms with Gasteiger partial charge in [-0.2, -0.15) is 13.2 Å². The van der Waals surface area contributed by atoms with Gasteiger partial charge in [0, 0.05) is 23.7 Å². The van der Waals surface area contributed by atoms with Crippen molar-refractivity contribution < 1.29 is 32.9 Å². The van der Waals surface area contributed by atoms with E-state index < -0.39 is 36.7 Å². The molecule has 1 aliphatic rings. The van der Waals surface area contributed by atoms with E-state index in [-0.39, 0.29) is 19.4 Å². The molecule has 1 aliphatic heterocycles. The van der Waals surface area contributed by atoms with Crippen LogP contribution in [-0.2, 0) is 23.8 Å². The summed E-state index contributed by atoms with van der Waals surface area (Å²) in [5.74, 6) is 0.0679. The normalized spacial score (nSPS) is 20.5. The quantitative estimate of drug-likeness (QED) is 0.415. The molecular formula is C29H31F3N2O3. The first kappa shape index (κ1) is 21.6. The Hall–Kier alpha value is -3.52. The van der Waals surface area contributed by atoms with Crippen LogP contribution in [0.3, 0.4) is 0 Å². The lowest BCUT2D eigenvalue weighted by atomic mass is 9.86. The van der Waals surface area contributed by atoms with Crippen LogP contribution in [0.15, 0.2) is 66.7 Å². The molecule has 37 heavy (non-hydrogen) atoms. The van der Waals surface area contributed by atoms with E-state index in [2.05, 4.69) is 5.32 Å². The number of aryl methyl sites for hydroxylation is 1. The highest BCUT2D eigenvalue weighted by Crippen LogP contribution is 2.43. The predicted molar refractivity (Wildman–Crippen MR) is 136 cm³/mol. The van der Waals surface area contributed by atoms with Crippen LogP contribution in [0.2, 0.25) is 0 Å². The highest BCUT2D eigenvalue weighted by molar-refractivity contribution is 5.83. The Morgan fingerprint density at radius 3 is 2.41 bits per heavy atom. The SMILES string of the molecule is [2H]C([2H])([2H])NC(=O)[C@@H](c1ccccc1)N1CCc2cc(OC)c(OC)cc2[C@]1([2H])CCc1ccc(C(F)(F)F)cc1. The molecule has 0 unspecified atom stereocenters. The van der Waals surface area contributed by atoms with Crippen LogP contribution in [0.1, 0.15) is 51.8 Å². The van der Waals surface area contributed by atoms with Crippen molar-refractivity contribution >= 4 is 5.91 Å². The second-order valence-electron chi connectivity index (χ2n) is 8.75. The number of hydrogen-bond acceptors (Lipinski definition) is 4. The van der Waals surface area contributed by atoms with Crippen molar-refractivity contribution in [1.82, 2.24) is 10.2 Å². The van der Waals surface area contributed by atoms with Gasteiger partial charge in [-0.25, -0.2) is 0 Å². The van der Waals surface area contributed by atoms with Gasteiger partial charge in [-0.1, -0.05) is 42.5 Å². The Balaban J connectivity index is 1.82. The van der Waals surface area contributed by atoms with Crippen molar-refractivity contribution in [2.75, 3.05) is 27.7 Å². The van der Waals surface area contributed by atoms with Crippen LogP contribution < -0.4 is 14.8 Å². The van der Waals surface area contributed by atoms with Crippen LogP contribution in [-0.4, -0.2) is 38.5 Å². The second-order valence-corrected chi connectivity index (χ2v) is 8.75. The first-order valence-electron chi connectivity index (χ1n) is 13.8. The van der Waals surface area contributed by atoms with Gasteiger partial charge in [0.1, 0.15) is 6.04 Å². The number of halogens is 3. The molecule has 0 radical (unpaired) electrons. The van der Waals surface area contributed by atoms with E-state index in [9.17, 15) is 19.3 Å². The third-order valence-corrected chi connectivity index (χ3v) is 6.62. The number of nitrogens with zero attached hydrogens (tertiary/aromatic N) is 1. The number of alkyl halides is 3. The first-order chi connectivity index (χ1) is 19.3. The van der Waals surface area contributed by atoms with Gasteiger partial charge in [0.15, 0.2) is 11.5 Å². The van der Waals surface area contributed by atoms with Crippen LogP contribution in [0.5, 0.6) is 11.5 Å². The summed E-state index contributed by atoms with van der Waals surface area (Å²) in [6.07, 6.45) is -3.73. The molecule has 0 aromatic heterocycles. The van der Waals surface area contributed by atoms with Gasteiger partial charge in [0.25, 0.3) is 0 Å². The maximum atomic E-state index is 13.5. The Bertz CT molecular complexity index is 1370. The molecule has 1 heterocycles. The van der Waals surface area contributed by atoms with E-state index in [1.807, 2.05) is 0 Å². The van der Waals surface area contributed by atoms with Crippen molar-refractivity contribution in [3.8, 4) is 11.5 Å². The molecular weight excluding hydrogens is 481 g/mol. The molecule has 0 saturated heterocycles. The number of nitrogens with one attached hydrogen (secondary N) is 1. The molecule has 0 aliphatic carbocycles. The Morgan fingerprint density at radius 2 is 1.78 bits per heavy atom. The zero-order valence-corrected chi connectivity index (χ0v) is 20.6. The molecule has 3 aromatic carbocycles. The summed E-state index contributed by atoms with van der Waals surface area (Å²) < 4.78 is 83.1. The maximum Gasteiger partial charge on any atom is 0.416 e. The minimum Gasteiger partial charge on any atom is -0.493 e. The second kappa shape index (κ2) is 11.3. The topological polar surface area (TPSA) is 50.8 Å². The van der Waals surface area contributed by atoms with Crippen LogP contribution in [0.25, 0.3) is 0 Å². The number of likely N-dealkylation sites (N-methyl/N-ethyl adjacent to an activating group) is 1. The average Bonchev–Trinajstić information content (AvgIpc) is 2.92. The zero-order chi connectivity index (χ0) is 30.0. The molecule has 0 bridgehead atoms. The standard InChI is InChI=1S/C29H31F3N2O3/c1-33-28(35)27(20-7-5-4-6-8-20)34-16-15-21-17-25(36-2)26(37-3)18-23(21)24(34)14-11-19-9-12-22(13-10-19)29(30,31)32/h4-10,12-13,17-18,24,27H,11,14-16H2,1-3H3,(H,33,35)/t24-,27+/m0/s1/i1D3,24D. The van der Waals surface area contributed by atoms with Crippen LogP contribution in [0.4, 0.5) is 13.2 Å². The fourth-order valence-electron chi connectivity index (χ4n) is 4.79. The highest BCUT2D eigenvalue weighted by Gasteiger charge is 2.37. The number of benzene rings is 3. The van der Waals surface area contributed by atoms with Gasteiger partial charge >= 0.3 is 6.18 Å². The smallest absolute Gasteiger partial charge is 0.416 e. The van der Waals surface area contributed by atoms with Gasteiger partial charge in [-0.05, 0) is 65.8 Å². The predicted octanol–water partition coefficient (Wildman–Crippen LogP) is 5.74. The molecule has 1 N–H and O–H groups in total. The van der Waals surface area contributed by atoms with E-state index >= 15 is 0 Å². The van der Waals surface area contributed by atoms with Crippen molar-refractivity contribution in [1.29, 1.82) is 0 Å². The Morgan fingerprint density at radius 1 is 1.11 bits per heavy atom. The summed E-state index contributed by atoms with van der Waals surface area (Å²) in [5.41, 5.74) is 1.65. The number of hydrogen-bond donors (Lipinski definition) is 1. The number of carbonyl (C=O) groups excluding carboxylic acids is 1. The fourth-order valence-corrected chi connectivity index (χ4v) is 4.79. The summed E-state index contributed by atoms with van der Waals surface area (Å²) in [6.45, 7) is -2.52. The third kappa shape index (κ3) is 5.74. The molecule has 0 fully saturated rings. The first-order valence-corrected chi connectivity index (χ1v) is 11.8. The molecule has 1 amide bonds. The average molecular weight is 517 g/mol. The summed E-state index contributed by atoms with van der Waals surface area (Å²) in [4.78, 5) is 15.2. The van der Waals surface area contributed by atoms with E-state index in [1.165, 1.54) is 26.4 Å². The molecule has 2 atom stereocenters. The zero-order valence-electron chi connectivity index (χ0n) is 24.6. The lowest BCUT2D eigenvalue weighted by molar-refractivity contribution is -0.137. The number of methoxy groups -OCH3 is 2. The van der Waals surface area contributed by atoms with Crippen molar-refractivity contribution in [3.63, 3.8) is 0 Å². The van der Waals surface area contributed by atoms with Gasteiger partial charge in [-0.3, -0.25) is 9.69 Å². The number of ether oxygens (including phenoxy) is 2. The monoisotopic (exact) mass is 516 g/mol. The summed E-state index contributed by atoms with van der Waals surface area (Å²) in [5, 5.41) is 2.10. The van der Waals surface area contributed by atoms with Gasteiger partial charge in [0.2, 0.25) is 5.91 Å². The summed E-state index contributed by atoms with van der Waals surface area (Å²) in [6, 6.07) is 14.1. The van der Waals surface area contributed by atoms with E-state index in [4.69, 9.17) is 13.6 Å². The van der Waals surface area contributed by atoms with Gasteiger partial charge < -0.3 is 14.8 Å². The molecule has 0 saturated carbocycles. The minimum absolute atomic E-state index is 0.0885. The number of rotatable bonds is 8. The molecule has 3 aromatic rings. The summed E-state index contributed by atoms with van der Waals surface area (Å²) in [7, 11) is 2.97. The number of fused-ring (bicyclic) bond motifs is 1. The number of carbonyl (C=O) groups is 1. The Kier molecular flexibility index (Phi) is 6.56. The van der Waals surface area contributed by atoms with Crippen molar-refractivity contribution in [3.05, 3.63) is 94.5 Å². The van der Waals surface area contributed by atoms with E-state index in [0.29, 0.717) is 34.6 Å². The van der Waals surface area contributed by atoms with Gasteiger partial charge in [-0.15, -0.1) is 0 Å². The highest BCUT2D eigenvalue weighted by atomic mass is 19.4. The molecule has 5 nitrogen and oxygen atoms in total. The third-order valence-electron chi connectivity index (χ3n) is 6.62. The molecule has 0 spiro atoms. The molecule has 4 rings (SSSR count). The molecule has 8 heteroatoms. The lowest BCUT2D eigenvalue weighted by Gasteiger charge is -2.42.